The summed E-state index contributed by atoms with van der Waals surface area (Å²) >= 11 is 11.9. The highest BCUT2D eigenvalue weighted by atomic mass is 35.5. The third-order valence-corrected chi connectivity index (χ3v) is 4.46. The lowest BCUT2D eigenvalue weighted by Crippen LogP contribution is -3.14. The Labute approximate surface area is 153 Å². The van der Waals surface area contributed by atoms with Crippen molar-refractivity contribution >= 4 is 29.1 Å². The minimum absolute atomic E-state index is 0.0674. The number of halogens is 2. The average molecular weight is 376 g/mol. The molecule has 2 rings (SSSR count). The lowest BCUT2D eigenvalue weighted by Gasteiger charge is -2.23. The number of quaternary nitrogens is 1. The molecule has 0 saturated carbocycles. The van der Waals surface area contributed by atoms with Crippen LogP contribution >= 0.6 is 23.2 Å². The predicted octanol–water partition coefficient (Wildman–Crippen LogP) is 1.57. The SMILES string of the molecule is O=C(CCCOc1ccc(Cl)cc1Cl)NCCC[NH+]1CCOCC1. The standard InChI is InChI=1S/C17H24Cl2N2O3/c18-14-4-5-16(15(19)13-14)24-10-1-3-17(22)20-6-2-7-21-8-11-23-12-9-21/h4-5,13H,1-3,6-12H2,(H,20,22)/p+1. The summed E-state index contributed by atoms with van der Waals surface area (Å²) in [7, 11) is 0. The molecular weight excluding hydrogens is 351 g/mol. The van der Waals surface area contributed by atoms with E-state index in [4.69, 9.17) is 32.7 Å². The molecule has 134 valence electrons. The van der Waals surface area contributed by atoms with Crippen molar-refractivity contribution in [2.24, 2.45) is 0 Å². The molecule has 5 nitrogen and oxygen atoms in total. The van der Waals surface area contributed by atoms with Crippen LogP contribution in [0.4, 0.5) is 0 Å². The fourth-order valence-electron chi connectivity index (χ4n) is 2.57. The zero-order valence-corrected chi connectivity index (χ0v) is 15.3. The lowest BCUT2D eigenvalue weighted by atomic mass is 10.3. The second kappa shape index (κ2) is 10.8. The first-order chi connectivity index (χ1) is 11.6. The summed E-state index contributed by atoms with van der Waals surface area (Å²) < 4.78 is 10.9. The highest BCUT2D eigenvalue weighted by Gasteiger charge is 2.12. The van der Waals surface area contributed by atoms with Crippen LogP contribution in [0, 0.1) is 0 Å². The molecule has 1 saturated heterocycles. The molecule has 1 aromatic rings. The van der Waals surface area contributed by atoms with E-state index in [2.05, 4.69) is 5.32 Å². The molecule has 0 unspecified atom stereocenters. The van der Waals surface area contributed by atoms with Crippen LogP contribution in [-0.4, -0.2) is 51.9 Å². The molecule has 2 N–H and O–H groups in total. The van der Waals surface area contributed by atoms with Crippen molar-refractivity contribution in [2.45, 2.75) is 19.3 Å². The number of amides is 1. The van der Waals surface area contributed by atoms with Crippen LogP contribution in [0.15, 0.2) is 18.2 Å². The molecule has 1 aliphatic rings. The maximum atomic E-state index is 11.8. The number of morpholine rings is 1. The monoisotopic (exact) mass is 375 g/mol. The molecule has 0 aromatic heterocycles. The van der Waals surface area contributed by atoms with E-state index in [0.717, 1.165) is 45.8 Å². The molecule has 1 heterocycles. The van der Waals surface area contributed by atoms with E-state index in [9.17, 15) is 4.79 Å². The smallest absolute Gasteiger partial charge is 0.220 e. The Hall–Kier alpha value is -1.01. The third kappa shape index (κ3) is 7.26. The molecule has 24 heavy (non-hydrogen) atoms. The Kier molecular flexibility index (Phi) is 8.67. The maximum absolute atomic E-state index is 11.8. The van der Waals surface area contributed by atoms with Gasteiger partial charge in [-0.2, -0.15) is 0 Å². The highest BCUT2D eigenvalue weighted by Crippen LogP contribution is 2.27. The Morgan fingerprint density at radius 2 is 2.04 bits per heavy atom. The van der Waals surface area contributed by atoms with Gasteiger partial charge >= 0.3 is 0 Å². The number of benzene rings is 1. The Morgan fingerprint density at radius 3 is 2.79 bits per heavy atom. The van der Waals surface area contributed by atoms with Gasteiger partial charge in [0.05, 0.1) is 31.4 Å². The third-order valence-electron chi connectivity index (χ3n) is 3.93. The van der Waals surface area contributed by atoms with Gasteiger partial charge in [-0.25, -0.2) is 0 Å². The van der Waals surface area contributed by atoms with Gasteiger partial charge in [-0.15, -0.1) is 0 Å². The van der Waals surface area contributed by atoms with Gasteiger partial charge in [-0.05, 0) is 24.6 Å². The molecule has 7 heteroatoms. The maximum Gasteiger partial charge on any atom is 0.220 e. The van der Waals surface area contributed by atoms with Gasteiger partial charge in [0.1, 0.15) is 18.8 Å². The Balaban J connectivity index is 1.50. The molecule has 1 aliphatic heterocycles. The number of carbonyl (C=O) groups is 1. The fraction of sp³-hybridized carbons (Fsp3) is 0.588. The molecule has 1 fully saturated rings. The van der Waals surface area contributed by atoms with Gasteiger partial charge in [-0.3, -0.25) is 4.79 Å². The van der Waals surface area contributed by atoms with Crippen LogP contribution in [0.5, 0.6) is 5.75 Å². The van der Waals surface area contributed by atoms with Crippen molar-refractivity contribution in [1.29, 1.82) is 0 Å². The van der Waals surface area contributed by atoms with E-state index >= 15 is 0 Å². The Bertz CT molecular complexity index is 523. The second-order valence-electron chi connectivity index (χ2n) is 5.84. The van der Waals surface area contributed by atoms with Crippen LogP contribution < -0.4 is 15.0 Å². The Morgan fingerprint density at radius 1 is 1.25 bits per heavy atom. The van der Waals surface area contributed by atoms with Crippen molar-refractivity contribution in [1.82, 2.24) is 5.32 Å². The first kappa shape index (κ1) is 19.3. The molecule has 1 aromatic carbocycles. The summed E-state index contributed by atoms with van der Waals surface area (Å²) in [6.45, 7) is 6.09. The quantitative estimate of drug-likeness (QED) is 0.644. The van der Waals surface area contributed by atoms with E-state index in [1.165, 1.54) is 0 Å². The second-order valence-corrected chi connectivity index (χ2v) is 6.69. The zero-order valence-electron chi connectivity index (χ0n) is 13.8. The molecular formula is C17H25Cl2N2O3+. The van der Waals surface area contributed by atoms with Crippen LogP contribution in [0.2, 0.25) is 10.0 Å². The highest BCUT2D eigenvalue weighted by molar-refractivity contribution is 6.35. The molecule has 0 aliphatic carbocycles. The summed E-state index contributed by atoms with van der Waals surface area (Å²) in [5, 5.41) is 4.02. The molecule has 0 atom stereocenters. The van der Waals surface area contributed by atoms with E-state index in [1.807, 2.05) is 0 Å². The normalized spacial score (nSPS) is 15.2. The van der Waals surface area contributed by atoms with Crippen molar-refractivity contribution in [3.8, 4) is 5.75 Å². The van der Waals surface area contributed by atoms with Gasteiger partial charge in [0.15, 0.2) is 0 Å². The van der Waals surface area contributed by atoms with E-state index in [-0.39, 0.29) is 5.91 Å². The van der Waals surface area contributed by atoms with Crippen LogP contribution in [0.25, 0.3) is 0 Å². The number of nitrogens with one attached hydrogen (secondary N) is 2. The number of hydrogen-bond acceptors (Lipinski definition) is 3. The minimum atomic E-state index is 0.0674. The van der Waals surface area contributed by atoms with E-state index < -0.39 is 0 Å². The van der Waals surface area contributed by atoms with Gasteiger partial charge in [-0.1, -0.05) is 23.2 Å². The van der Waals surface area contributed by atoms with Gasteiger partial charge in [0.2, 0.25) is 5.91 Å². The average Bonchev–Trinajstić information content (AvgIpc) is 2.58. The van der Waals surface area contributed by atoms with Crippen molar-refractivity contribution in [3.05, 3.63) is 28.2 Å². The zero-order chi connectivity index (χ0) is 17.2. The first-order valence-corrected chi connectivity index (χ1v) is 9.16. The number of rotatable bonds is 9. The summed E-state index contributed by atoms with van der Waals surface area (Å²) in [6.07, 6.45) is 2.10. The van der Waals surface area contributed by atoms with Gasteiger partial charge in [0.25, 0.3) is 0 Å². The van der Waals surface area contributed by atoms with E-state index in [1.54, 1.807) is 23.1 Å². The van der Waals surface area contributed by atoms with E-state index in [0.29, 0.717) is 35.2 Å². The minimum Gasteiger partial charge on any atom is -0.492 e. The van der Waals surface area contributed by atoms with Crippen molar-refractivity contribution < 1.29 is 19.2 Å². The van der Waals surface area contributed by atoms with Gasteiger partial charge in [0, 0.05) is 24.4 Å². The number of carbonyl (C=O) groups excluding carboxylic acids is 1. The van der Waals surface area contributed by atoms with Gasteiger partial charge < -0.3 is 19.7 Å². The van der Waals surface area contributed by atoms with Crippen LogP contribution in [-0.2, 0) is 9.53 Å². The molecule has 1 amide bonds. The fourth-order valence-corrected chi connectivity index (χ4v) is 3.03. The summed E-state index contributed by atoms with van der Waals surface area (Å²) in [4.78, 5) is 13.3. The van der Waals surface area contributed by atoms with Crippen LogP contribution in [0.3, 0.4) is 0 Å². The summed E-state index contributed by atoms with van der Waals surface area (Å²) in [5.74, 6) is 0.660. The van der Waals surface area contributed by atoms with Crippen LogP contribution in [0.1, 0.15) is 19.3 Å². The molecule has 0 spiro atoms. The molecule has 0 radical (unpaired) electrons. The summed E-state index contributed by atoms with van der Waals surface area (Å²) in [5.41, 5.74) is 0. The lowest BCUT2D eigenvalue weighted by molar-refractivity contribution is -0.908. The topological polar surface area (TPSA) is 52.0 Å². The number of ether oxygens (including phenoxy) is 2. The summed E-state index contributed by atoms with van der Waals surface area (Å²) in [6, 6.07) is 5.10. The van der Waals surface area contributed by atoms with Crippen molar-refractivity contribution in [3.63, 3.8) is 0 Å². The van der Waals surface area contributed by atoms with Crippen molar-refractivity contribution in [2.75, 3.05) is 46.0 Å². The number of hydrogen-bond donors (Lipinski definition) is 2. The largest absolute Gasteiger partial charge is 0.492 e. The first-order valence-electron chi connectivity index (χ1n) is 8.41. The molecule has 0 bridgehead atoms. The predicted molar refractivity (Wildman–Crippen MR) is 95.2 cm³/mol.